The molecule has 0 bridgehead atoms. The molecule has 3 fully saturated rings. The summed E-state index contributed by atoms with van der Waals surface area (Å²) in [5.41, 5.74) is 0.620. The summed E-state index contributed by atoms with van der Waals surface area (Å²) >= 11 is 0. The predicted octanol–water partition coefficient (Wildman–Crippen LogP) is 1.24. The van der Waals surface area contributed by atoms with Crippen molar-refractivity contribution in [3.8, 4) is 18.1 Å². The number of nitrogens with one attached hydrogen (secondary N) is 1. The van der Waals surface area contributed by atoms with Crippen molar-refractivity contribution in [2.75, 3.05) is 32.8 Å². The largest absolute Gasteiger partial charge is 0.505 e. The van der Waals surface area contributed by atoms with E-state index in [0.717, 1.165) is 51.3 Å². The Morgan fingerprint density at radius 3 is 2.73 bits per heavy atom. The number of carbonyl (C=O) groups excluding carboxylic acids is 1. The van der Waals surface area contributed by atoms with Crippen LogP contribution in [0.15, 0.2) is 11.0 Å². The van der Waals surface area contributed by atoms with Gasteiger partial charge >= 0.3 is 0 Å². The minimum Gasteiger partial charge on any atom is -0.505 e. The Hall–Kier alpha value is -2.96. The van der Waals surface area contributed by atoms with E-state index >= 15 is 0 Å². The highest BCUT2D eigenvalue weighted by Crippen LogP contribution is 2.38. The van der Waals surface area contributed by atoms with Crippen LogP contribution in [0.1, 0.15) is 54.6 Å². The smallest absolute Gasteiger partial charge is 0.269 e. The van der Waals surface area contributed by atoms with E-state index in [0.29, 0.717) is 31.1 Å². The molecular weight excluding hydrogens is 422 g/mol. The summed E-state index contributed by atoms with van der Waals surface area (Å²) in [6.45, 7) is 6.27. The van der Waals surface area contributed by atoms with Crippen molar-refractivity contribution in [1.29, 1.82) is 0 Å². The molecule has 1 spiro atoms. The average Bonchev–Trinajstić information content (AvgIpc) is 2.70. The van der Waals surface area contributed by atoms with E-state index in [1.807, 2.05) is 6.92 Å². The van der Waals surface area contributed by atoms with Gasteiger partial charge in [-0.05, 0) is 19.3 Å². The van der Waals surface area contributed by atoms with Gasteiger partial charge in [-0.2, -0.15) is 0 Å². The van der Waals surface area contributed by atoms with Crippen molar-refractivity contribution in [3.63, 3.8) is 0 Å². The number of amides is 1. The number of hydrogen-bond donors (Lipinski definition) is 2. The zero-order valence-electron chi connectivity index (χ0n) is 18.8. The van der Waals surface area contributed by atoms with Gasteiger partial charge < -0.3 is 20.1 Å². The van der Waals surface area contributed by atoms with Crippen LogP contribution >= 0.6 is 0 Å². The molecule has 0 aromatic carbocycles. The summed E-state index contributed by atoms with van der Waals surface area (Å²) < 4.78 is 6.79. The fraction of sp³-hybridized carbons (Fsp3) is 0.583. The molecule has 1 saturated carbocycles. The normalized spacial score (nSPS) is 20.5. The van der Waals surface area contributed by atoms with Gasteiger partial charge in [0.15, 0.2) is 11.4 Å². The maximum absolute atomic E-state index is 13.4. The monoisotopic (exact) mass is 451 g/mol. The third-order valence-corrected chi connectivity index (χ3v) is 7.19. The number of nitrogens with zero attached hydrogens (tertiary/aromatic N) is 4. The number of fused-ring (bicyclic) bond motifs is 1. The molecule has 2 aromatic heterocycles. The van der Waals surface area contributed by atoms with E-state index in [4.69, 9.17) is 11.2 Å². The van der Waals surface area contributed by atoms with Gasteiger partial charge in [0.2, 0.25) is 0 Å². The number of aromatic hydroxyl groups is 1. The van der Waals surface area contributed by atoms with E-state index in [-0.39, 0.29) is 16.5 Å². The number of pyridine rings is 1. The fourth-order valence-corrected chi connectivity index (χ4v) is 4.88. The van der Waals surface area contributed by atoms with E-state index in [9.17, 15) is 14.7 Å². The number of terminal acetylenes is 1. The summed E-state index contributed by atoms with van der Waals surface area (Å²) in [4.78, 5) is 37.8. The Labute approximate surface area is 192 Å². The SMILES string of the molecule is C#CC(CC)NC(=O)c1c(O)c2nc(C3CCC3)cnc2n(CCN2CC3(COC3)C2)c1=O. The lowest BCUT2D eigenvalue weighted by molar-refractivity contribution is -0.189. The molecule has 0 radical (unpaired) electrons. The molecule has 1 aliphatic carbocycles. The topological polar surface area (TPSA) is 110 Å². The maximum Gasteiger partial charge on any atom is 0.269 e. The first-order chi connectivity index (χ1) is 15.9. The first kappa shape index (κ1) is 21.9. The first-order valence-corrected chi connectivity index (χ1v) is 11.6. The van der Waals surface area contributed by atoms with Crippen LogP contribution < -0.4 is 10.9 Å². The molecule has 4 heterocycles. The molecule has 174 valence electrons. The highest BCUT2D eigenvalue weighted by molar-refractivity contribution is 6.01. The van der Waals surface area contributed by atoms with Crippen LogP contribution in [0.3, 0.4) is 0 Å². The Balaban J connectivity index is 1.51. The summed E-state index contributed by atoms with van der Waals surface area (Å²) in [6, 6.07) is -0.533. The van der Waals surface area contributed by atoms with E-state index in [2.05, 4.69) is 26.1 Å². The lowest BCUT2D eigenvalue weighted by Gasteiger charge is -2.55. The Kier molecular flexibility index (Phi) is 5.59. The Bertz CT molecular complexity index is 1180. The van der Waals surface area contributed by atoms with Gasteiger partial charge in [-0.15, -0.1) is 6.42 Å². The summed E-state index contributed by atoms with van der Waals surface area (Å²) in [7, 11) is 0. The second-order valence-corrected chi connectivity index (χ2v) is 9.58. The van der Waals surface area contributed by atoms with Gasteiger partial charge in [0, 0.05) is 37.5 Å². The standard InChI is InChI=1S/C24H29N5O4/c1-3-16(4-2)26-22(31)18-20(30)19-21(25-10-17(27-19)15-6-5-7-15)29(23(18)32)9-8-28-11-24(12-28)13-33-14-24/h1,10,15-16,30H,4-9,11-14H2,2H3,(H,26,31). The summed E-state index contributed by atoms with van der Waals surface area (Å²) in [5, 5.41) is 13.6. The second-order valence-electron chi connectivity index (χ2n) is 9.58. The molecule has 1 amide bonds. The predicted molar refractivity (Wildman–Crippen MR) is 122 cm³/mol. The average molecular weight is 452 g/mol. The van der Waals surface area contributed by atoms with Crippen molar-refractivity contribution in [3.05, 3.63) is 27.8 Å². The molecule has 2 N–H and O–H groups in total. The number of rotatable bonds is 7. The van der Waals surface area contributed by atoms with E-state index in [1.165, 1.54) is 4.57 Å². The zero-order chi connectivity index (χ0) is 23.2. The van der Waals surface area contributed by atoms with Crippen LogP contribution in [0, 0.1) is 17.8 Å². The van der Waals surface area contributed by atoms with Gasteiger partial charge in [-0.3, -0.25) is 14.2 Å². The number of hydrogen-bond acceptors (Lipinski definition) is 7. The van der Waals surface area contributed by atoms with Gasteiger partial charge in [0.05, 0.1) is 31.1 Å². The van der Waals surface area contributed by atoms with Crippen LogP contribution in [0.5, 0.6) is 5.75 Å². The van der Waals surface area contributed by atoms with E-state index < -0.39 is 23.3 Å². The Morgan fingerprint density at radius 2 is 2.15 bits per heavy atom. The molecule has 33 heavy (non-hydrogen) atoms. The van der Waals surface area contributed by atoms with Crippen LogP contribution in [0.2, 0.25) is 0 Å². The molecule has 1 unspecified atom stereocenters. The number of aromatic nitrogens is 3. The summed E-state index contributed by atoms with van der Waals surface area (Å²) in [6.07, 6.45) is 10.9. The second kappa shape index (κ2) is 8.43. The molecular formula is C24H29N5O4. The Morgan fingerprint density at radius 1 is 1.39 bits per heavy atom. The zero-order valence-corrected chi connectivity index (χ0v) is 18.8. The molecule has 5 rings (SSSR count). The molecule has 9 nitrogen and oxygen atoms in total. The molecule has 2 aliphatic heterocycles. The first-order valence-electron chi connectivity index (χ1n) is 11.6. The van der Waals surface area contributed by atoms with E-state index in [1.54, 1.807) is 6.20 Å². The van der Waals surface area contributed by atoms with Crippen molar-refractivity contribution in [1.82, 2.24) is 24.8 Å². The fourth-order valence-electron chi connectivity index (χ4n) is 4.88. The van der Waals surface area contributed by atoms with Gasteiger partial charge in [-0.25, -0.2) is 9.97 Å². The van der Waals surface area contributed by atoms with Gasteiger partial charge in [0.25, 0.3) is 11.5 Å². The van der Waals surface area contributed by atoms with Crippen LogP contribution in [0.4, 0.5) is 0 Å². The van der Waals surface area contributed by atoms with Crippen LogP contribution in [-0.4, -0.2) is 69.3 Å². The minimum absolute atomic E-state index is 0.186. The van der Waals surface area contributed by atoms with Crippen molar-refractivity contribution < 1.29 is 14.6 Å². The van der Waals surface area contributed by atoms with Gasteiger partial charge in [-0.1, -0.05) is 19.3 Å². The van der Waals surface area contributed by atoms with Gasteiger partial charge in [0.1, 0.15) is 11.1 Å². The maximum atomic E-state index is 13.4. The molecule has 9 heteroatoms. The quantitative estimate of drug-likeness (QED) is 0.610. The number of carbonyl (C=O) groups is 1. The number of likely N-dealkylation sites (tertiary alicyclic amines) is 1. The number of ether oxygens (including phenoxy) is 1. The third-order valence-electron chi connectivity index (χ3n) is 7.19. The minimum atomic E-state index is -0.691. The summed E-state index contributed by atoms with van der Waals surface area (Å²) in [5.74, 6) is 1.66. The lowest BCUT2D eigenvalue weighted by Crippen LogP contribution is -2.66. The molecule has 2 saturated heterocycles. The van der Waals surface area contributed by atoms with Crippen LogP contribution in [0.25, 0.3) is 11.2 Å². The molecule has 3 aliphatic rings. The lowest BCUT2D eigenvalue weighted by atomic mass is 9.78. The van der Waals surface area contributed by atoms with Crippen molar-refractivity contribution in [2.45, 2.75) is 51.1 Å². The highest BCUT2D eigenvalue weighted by atomic mass is 16.5. The van der Waals surface area contributed by atoms with Crippen molar-refractivity contribution >= 4 is 17.1 Å². The van der Waals surface area contributed by atoms with Crippen molar-refractivity contribution in [2.24, 2.45) is 5.41 Å². The van der Waals surface area contributed by atoms with Crippen LogP contribution in [-0.2, 0) is 11.3 Å². The third kappa shape index (κ3) is 3.77. The molecule has 1 atom stereocenters. The highest BCUT2D eigenvalue weighted by Gasteiger charge is 2.48. The molecule has 2 aromatic rings.